The molecule has 6 nitrogen and oxygen atoms in total. The molecule has 24 heavy (non-hydrogen) atoms. The fourth-order valence-corrected chi connectivity index (χ4v) is 4.20. The van der Waals surface area contributed by atoms with Crippen LogP contribution in [0.1, 0.15) is 23.3 Å². The lowest BCUT2D eigenvalue weighted by Crippen LogP contribution is -2.61. The Morgan fingerprint density at radius 1 is 1.12 bits per heavy atom. The second-order valence-electron chi connectivity index (χ2n) is 7.18. The van der Waals surface area contributed by atoms with E-state index in [0.717, 1.165) is 36.8 Å². The lowest BCUT2D eigenvalue weighted by Gasteiger charge is -2.49. The number of aromatic nitrogens is 2. The van der Waals surface area contributed by atoms with Crippen LogP contribution < -0.4 is 0 Å². The standard InChI is InChI=1S/C18H24N4O2/c1-20-10-12-8-14(9-13(11-20)21(12)2)24-18(23)17-15-6-4-5-7-16(15)22(3)19-17/h4-7,12-14H,8-11H2,1-3H3/t12-,13+,14?. The van der Waals surface area contributed by atoms with Gasteiger partial charge in [-0.1, -0.05) is 18.2 Å². The minimum absolute atomic E-state index is 0.0156. The van der Waals surface area contributed by atoms with E-state index in [1.54, 1.807) is 4.68 Å². The van der Waals surface area contributed by atoms with Gasteiger partial charge in [0.2, 0.25) is 0 Å². The predicted molar refractivity (Wildman–Crippen MR) is 92.0 cm³/mol. The molecule has 2 aromatic rings. The van der Waals surface area contributed by atoms with Crippen molar-refractivity contribution in [1.82, 2.24) is 19.6 Å². The molecule has 4 rings (SSSR count). The van der Waals surface area contributed by atoms with Crippen LogP contribution in [0.2, 0.25) is 0 Å². The topological polar surface area (TPSA) is 50.6 Å². The first kappa shape index (κ1) is 15.6. The van der Waals surface area contributed by atoms with E-state index in [1.165, 1.54) is 0 Å². The van der Waals surface area contributed by atoms with Gasteiger partial charge in [-0.25, -0.2) is 4.79 Å². The van der Waals surface area contributed by atoms with Crippen molar-refractivity contribution in [2.45, 2.75) is 31.0 Å². The third-order valence-electron chi connectivity index (χ3n) is 5.49. The molecule has 2 saturated heterocycles. The molecule has 1 unspecified atom stereocenters. The number of nitrogens with zero attached hydrogens (tertiary/aromatic N) is 4. The Morgan fingerprint density at radius 3 is 2.50 bits per heavy atom. The van der Waals surface area contributed by atoms with E-state index >= 15 is 0 Å². The number of carbonyl (C=O) groups is 1. The number of likely N-dealkylation sites (tertiary alicyclic amines) is 1. The van der Waals surface area contributed by atoms with Crippen LogP contribution in [-0.4, -0.2) is 70.9 Å². The third kappa shape index (κ3) is 2.59. The number of likely N-dealkylation sites (N-methyl/N-ethyl adjacent to an activating group) is 2. The molecule has 2 aliphatic heterocycles. The van der Waals surface area contributed by atoms with Gasteiger partial charge in [0.1, 0.15) is 6.10 Å². The third-order valence-corrected chi connectivity index (χ3v) is 5.49. The van der Waals surface area contributed by atoms with Crippen LogP contribution in [0, 0.1) is 0 Å². The smallest absolute Gasteiger partial charge is 0.359 e. The summed E-state index contributed by atoms with van der Waals surface area (Å²) in [6.07, 6.45) is 1.78. The molecular formula is C18H24N4O2. The van der Waals surface area contributed by atoms with Gasteiger partial charge in [0.05, 0.1) is 5.52 Å². The molecule has 1 aromatic carbocycles. The number of carbonyl (C=O) groups excluding carboxylic acids is 1. The van der Waals surface area contributed by atoms with Crippen molar-refractivity contribution in [3.8, 4) is 0 Å². The van der Waals surface area contributed by atoms with E-state index in [0.29, 0.717) is 17.8 Å². The van der Waals surface area contributed by atoms with Crippen LogP contribution >= 0.6 is 0 Å². The molecule has 3 heterocycles. The first-order valence-electron chi connectivity index (χ1n) is 8.56. The summed E-state index contributed by atoms with van der Waals surface area (Å²) >= 11 is 0. The number of esters is 1. The van der Waals surface area contributed by atoms with Crippen molar-refractivity contribution in [2.75, 3.05) is 27.2 Å². The lowest BCUT2D eigenvalue weighted by molar-refractivity contribution is -0.0492. The maximum Gasteiger partial charge on any atom is 0.359 e. The van der Waals surface area contributed by atoms with E-state index in [4.69, 9.17) is 4.74 Å². The van der Waals surface area contributed by atoms with E-state index in [2.05, 4.69) is 29.0 Å². The van der Waals surface area contributed by atoms with E-state index < -0.39 is 0 Å². The zero-order valence-corrected chi connectivity index (χ0v) is 14.5. The van der Waals surface area contributed by atoms with Crippen LogP contribution in [-0.2, 0) is 11.8 Å². The number of ether oxygens (including phenoxy) is 1. The molecule has 0 spiro atoms. The number of aryl methyl sites for hydroxylation is 1. The first-order valence-corrected chi connectivity index (χ1v) is 8.56. The van der Waals surface area contributed by atoms with Crippen molar-refractivity contribution >= 4 is 16.9 Å². The number of piperidine rings is 1. The highest BCUT2D eigenvalue weighted by molar-refractivity contribution is 6.02. The summed E-state index contributed by atoms with van der Waals surface area (Å²) in [7, 11) is 6.21. The van der Waals surface area contributed by atoms with Crippen molar-refractivity contribution in [1.29, 1.82) is 0 Å². The van der Waals surface area contributed by atoms with Gasteiger partial charge in [0, 0.05) is 50.4 Å². The van der Waals surface area contributed by atoms with E-state index in [9.17, 15) is 4.79 Å². The molecule has 1 aromatic heterocycles. The summed E-state index contributed by atoms with van der Waals surface area (Å²) in [6.45, 7) is 2.07. The Labute approximate surface area is 142 Å². The Balaban J connectivity index is 1.52. The number of hydrogen-bond acceptors (Lipinski definition) is 5. The fourth-order valence-electron chi connectivity index (χ4n) is 4.20. The molecule has 0 saturated carbocycles. The summed E-state index contributed by atoms with van der Waals surface area (Å²) in [5.41, 5.74) is 1.38. The minimum Gasteiger partial charge on any atom is -0.457 e. The molecule has 2 aliphatic rings. The van der Waals surface area contributed by atoms with Gasteiger partial charge in [0.25, 0.3) is 0 Å². The van der Waals surface area contributed by atoms with Gasteiger partial charge in [-0.3, -0.25) is 9.58 Å². The molecule has 3 atom stereocenters. The quantitative estimate of drug-likeness (QED) is 0.782. The Bertz CT molecular complexity index is 755. The zero-order chi connectivity index (χ0) is 16.8. The van der Waals surface area contributed by atoms with Gasteiger partial charge < -0.3 is 9.64 Å². The number of para-hydroxylation sites is 1. The van der Waals surface area contributed by atoms with Crippen molar-refractivity contribution < 1.29 is 9.53 Å². The number of piperazine rings is 1. The van der Waals surface area contributed by atoms with Gasteiger partial charge in [-0.2, -0.15) is 5.10 Å². The maximum atomic E-state index is 12.7. The van der Waals surface area contributed by atoms with E-state index in [-0.39, 0.29) is 12.1 Å². The first-order chi connectivity index (χ1) is 11.5. The van der Waals surface area contributed by atoms with Crippen LogP contribution in [0.3, 0.4) is 0 Å². The Kier molecular flexibility index (Phi) is 3.81. The molecule has 6 heteroatoms. The van der Waals surface area contributed by atoms with Crippen LogP contribution in [0.25, 0.3) is 10.9 Å². The van der Waals surface area contributed by atoms with Crippen molar-refractivity contribution in [3.63, 3.8) is 0 Å². The van der Waals surface area contributed by atoms with Crippen molar-refractivity contribution in [2.24, 2.45) is 7.05 Å². The van der Waals surface area contributed by atoms with Crippen molar-refractivity contribution in [3.05, 3.63) is 30.0 Å². The molecule has 2 bridgehead atoms. The average Bonchev–Trinajstić information content (AvgIpc) is 2.87. The Morgan fingerprint density at radius 2 is 1.79 bits per heavy atom. The highest BCUT2D eigenvalue weighted by Crippen LogP contribution is 2.29. The predicted octanol–water partition coefficient (Wildman–Crippen LogP) is 1.51. The number of benzene rings is 1. The van der Waals surface area contributed by atoms with Crippen LogP contribution in [0.5, 0.6) is 0 Å². The number of fused-ring (bicyclic) bond motifs is 3. The number of rotatable bonds is 2. The summed E-state index contributed by atoms with van der Waals surface area (Å²) in [6, 6.07) is 8.69. The summed E-state index contributed by atoms with van der Waals surface area (Å²) in [5, 5.41) is 5.24. The summed E-state index contributed by atoms with van der Waals surface area (Å²) in [5.74, 6) is -0.298. The monoisotopic (exact) mass is 328 g/mol. The minimum atomic E-state index is -0.298. The molecule has 0 amide bonds. The van der Waals surface area contributed by atoms with Crippen LogP contribution in [0.4, 0.5) is 0 Å². The molecule has 0 aliphatic carbocycles. The Hall–Kier alpha value is -1.92. The van der Waals surface area contributed by atoms with E-state index in [1.807, 2.05) is 31.3 Å². The lowest BCUT2D eigenvalue weighted by atomic mass is 9.90. The second kappa shape index (κ2) is 5.86. The van der Waals surface area contributed by atoms with Gasteiger partial charge in [-0.15, -0.1) is 0 Å². The normalized spacial score (nSPS) is 28.2. The average molecular weight is 328 g/mol. The zero-order valence-electron chi connectivity index (χ0n) is 14.5. The molecule has 0 radical (unpaired) electrons. The molecular weight excluding hydrogens is 304 g/mol. The summed E-state index contributed by atoms with van der Waals surface area (Å²) in [4.78, 5) is 17.5. The van der Waals surface area contributed by atoms with Gasteiger partial charge in [-0.05, 0) is 20.2 Å². The van der Waals surface area contributed by atoms with Gasteiger partial charge >= 0.3 is 5.97 Å². The molecule has 0 N–H and O–H groups in total. The summed E-state index contributed by atoms with van der Waals surface area (Å²) < 4.78 is 7.60. The largest absolute Gasteiger partial charge is 0.457 e. The SMILES string of the molecule is CN1C[C@H]2CC(OC(=O)c3nn(C)c4ccccc34)C[C@@H](C1)N2C. The highest BCUT2D eigenvalue weighted by atomic mass is 16.5. The molecule has 2 fully saturated rings. The maximum absolute atomic E-state index is 12.7. The molecule has 128 valence electrons. The van der Waals surface area contributed by atoms with Gasteiger partial charge in [0.15, 0.2) is 5.69 Å². The fraction of sp³-hybridized carbons (Fsp3) is 0.556. The van der Waals surface area contributed by atoms with Crippen LogP contribution in [0.15, 0.2) is 24.3 Å². The number of hydrogen-bond donors (Lipinski definition) is 0. The second-order valence-corrected chi connectivity index (χ2v) is 7.18. The highest BCUT2D eigenvalue weighted by Gasteiger charge is 2.39.